The minimum absolute atomic E-state index is 0.0746. The van der Waals surface area contributed by atoms with Crippen molar-refractivity contribution in [2.45, 2.75) is 50.3 Å². The van der Waals surface area contributed by atoms with Crippen molar-refractivity contribution < 1.29 is 32.5 Å². The van der Waals surface area contributed by atoms with Crippen molar-refractivity contribution in [3.63, 3.8) is 0 Å². The first-order chi connectivity index (χ1) is 20.2. The highest BCUT2D eigenvalue weighted by molar-refractivity contribution is 7.39. The molecule has 0 amide bonds. The Morgan fingerprint density at radius 3 is 2.67 bits per heavy atom. The molecule has 4 aromatic rings. The highest BCUT2D eigenvalue weighted by Crippen LogP contribution is 2.41. The summed E-state index contributed by atoms with van der Waals surface area (Å²) in [5.41, 5.74) is 12.6. The Bertz CT molecular complexity index is 1690. The Kier molecular flexibility index (Phi) is 8.36. The number of nitrogens with zero attached hydrogens (tertiary/aromatic N) is 7. The van der Waals surface area contributed by atoms with Gasteiger partial charge in [0.1, 0.15) is 18.1 Å². The fourth-order valence-corrected chi connectivity index (χ4v) is 7.06. The smallest absolute Gasteiger partial charge is 0.316 e. The molecule has 6 N–H and O–H groups in total. The summed E-state index contributed by atoms with van der Waals surface area (Å²) in [6, 6.07) is 0. The van der Waals surface area contributed by atoms with Crippen LogP contribution in [0.3, 0.4) is 0 Å². The lowest BCUT2D eigenvalue weighted by Gasteiger charge is -2.18. The van der Waals surface area contributed by atoms with Crippen LogP contribution < -0.4 is 17.0 Å². The Morgan fingerprint density at radius 1 is 1.02 bits per heavy atom. The van der Waals surface area contributed by atoms with Crippen molar-refractivity contribution in [3.8, 4) is 0 Å². The van der Waals surface area contributed by atoms with Crippen molar-refractivity contribution in [1.29, 1.82) is 0 Å². The summed E-state index contributed by atoms with van der Waals surface area (Å²) in [5.74, 6) is -0.0915. The molecular formula is C22H30N10O8P2. The summed E-state index contributed by atoms with van der Waals surface area (Å²) in [6.45, 7) is 0.513. The van der Waals surface area contributed by atoms with E-state index in [0.717, 1.165) is 12.8 Å². The van der Waals surface area contributed by atoms with Crippen molar-refractivity contribution in [3.05, 3.63) is 29.3 Å². The van der Waals surface area contributed by atoms with Crippen LogP contribution in [0.25, 0.3) is 22.3 Å². The van der Waals surface area contributed by atoms with E-state index in [2.05, 4.69) is 29.9 Å². The lowest BCUT2D eigenvalue weighted by Crippen LogP contribution is -2.24. The summed E-state index contributed by atoms with van der Waals surface area (Å²) < 4.78 is 50.5. The first-order valence-corrected chi connectivity index (χ1v) is 16.0. The van der Waals surface area contributed by atoms with Crippen LogP contribution >= 0.6 is 16.3 Å². The molecule has 6 heterocycles. The number of anilines is 2. The third-order valence-corrected chi connectivity index (χ3v) is 9.14. The van der Waals surface area contributed by atoms with Crippen LogP contribution in [0.15, 0.2) is 23.8 Å². The van der Waals surface area contributed by atoms with Gasteiger partial charge < -0.3 is 39.4 Å². The number of hydrogen-bond donors (Lipinski definition) is 4. The summed E-state index contributed by atoms with van der Waals surface area (Å²) in [6.07, 6.45) is 4.88. The maximum absolute atomic E-state index is 13.0. The van der Waals surface area contributed by atoms with E-state index in [1.807, 2.05) is 4.57 Å². The molecule has 6 rings (SSSR count). The quantitative estimate of drug-likeness (QED) is 0.165. The Hall–Kier alpha value is -3.24. The topological polar surface area (TPSA) is 250 Å². The average Bonchev–Trinajstić information content (AvgIpc) is 3.73. The first kappa shape index (κ1) is 28.9. The van der Waals surface area contributed by atoms with Crippen LogP contribution in [-0.4, -0.2) is 81.6 Å². The summed E-state index contributed by atoms with van der Waals surface area (Å²) >= 11 is 0. The summed E-state index contributed by atoms with van der Waals surface area (Å²) in [7, 11) is -5.74. The molecule has 4 unspecified atom stereocenters. The van der Waals surface area contributed by atoms with Gasteiger partial charge in [-0.25, -0.2) is 19.9 Å². The van der Waals surface area contributed by atoms with Gasteiger partial charge in [-0.3, -0.25) is 23.5 Å². The van der Waals surface area contributed by atoms with Gasteiger partial charge in [0.2, 0.25) is 5.95 Å². The molecule has 42 heavy (non-hydrogen) atoms. The van der Waals surface area contributed by atoms with Crippen LogP contribution in [0.2, 0.25) is 0 Å². The molecule has 2 aliphatic rings. The molecule has 7 atom stereocenters. The predicted octanol–water partition coefficient (Wildman–Crippen LogP) is 0.465. The number of H-pyrrole nitrogens is 1. The largest absolute Gasteiger partial charge is 0.382 e. The molecule has 4 aromatic heterocycles. The SMILES string of the molecule is Nc1nc2c(ncn2[C@H]2C[C@H](C[PH](=O)OCC3CC[C@H](Cn4cnc5c(N)ncnc54)O3)C(CO[PH](=O)O)O2)c(=O)[nH]1. The highest BCUT2D eigenvalue weighted by Gasteiger charge is 2.39. The van der Waals surface area contributed by atoms with E-state index in [-0.39, 0.29) is 54.6 Å². The Balaban J connectivity index is 1.05. The second-order valence-electron chi connectivity index (χ2n) is 10.1. The van der Waals surface area contributed by atoms with Gasteiger partial charge in [-0.05, 0) is 19.3 Å². The number of nitrogen functional groups attached to an aromatic ring is 2. The van der Waals surface area contributed by atoms with Crippen LogP contribution in [0, 0.1) is 5.92 Å². The Labute approximate surface area is 238 Å². The number of imidazole rings is 2. The molecule has 0 radical (unpaired) electrons. The molecular weight excluding hydrogens is 594 g/mol. The minimum atomic E-state index is -3.21. The van der Waals surface area contributed by atoms with Gasteiger partial charge in [0.25, 0.3) is 5.56 Å². The van der Waals surface area contributed by atoms with Crippen LogP contribution in [0.4, 0.5) is 11.8 Å². The zero-order valence-electron chi connectivity index (χ0n) is 22.2. The average molecular weight is 624 g/mol. The number of rotatable bonds is 11. The molecule has 0 bridgehead atoms. The third kappa shape index (κ3) is 6.10. The molecule has 20 heteroatoms. The maximum Gasteiger partial charge on any atom is 0.316 e. The van der Waals surface area contributed by atoms with Crippen molar-refractivity contribution in [2.24, 2.45) is 5.92 Å². The van der Waals surface area contributed by atoms with Crippen LogP contribution in [0.1, 0.15) is 25.5 Å². The second-order valence-corrected chi connectivity index (χ2v) is 12.4. The van der Waals surface area contributed by atoms with E-state index in [1.165, 1.54) is 12.7 Å². The van der Waals surface area contributed by atoms with E-state index >= 15 is 0 Å². The second kappa shape index (κ2) is 12.2. The number of ether oxygens (including phenoxy) is 2. The molecule has 226 valence electrons. The van der Waals surface area contributed by atoms with Gasteiger partial charge >= 0.3 is 8.25 Å². The van der Waals surface area contributed by atoms with Gasteiger partial charge in [0, 0.05) is 12.1 Å². The van der Waals surface area contributed by atoms with E-state index in [0.29, 0.717) is 29.9 Å². The number of aromatic nitrogens is 8. The van der Waals surface area contributed by atoms with Crippen molar-refractivity contribution in [2.75, 3.05) is 30.8 Å². The minimum Gasteiger partial charge on any atom is -0.382 e. The van der Waals surface area contributed by atoms with E-state index in [9.17, 15) is 18.8 Å². The molecule has 0 spiro atoms. The fraction of sp³-hybridized carbons (Fsp3) is 0.545. The zero-order chi connectivity index (χ0) is 29.4. The van der Waals surface area contributed by atoms with Crippen LogP contribution in [-0.2, 0) is 34.2 Å². The normalized spacial score (nSPS) is 25.9. The number of fused-ring (bicyclic) bond motifs is 2. The first-order valence-electron chi connectivity index (χ1n) is 13.2. The van der Waals surface area contributed by atoms with Crippen molar-refractivity contribution in [1.82, 2.24) is 39.0 Å². The molecule has 18 nitrogen and oxygen atoms in total. The van der Waals surface area contributed by atoms with Gasteiger partial charge in [0.15, 0.2) is 30.7 Å². The number of hydrogen-bond acceptors (Lipinski definition) is 14. The Morgan fingerprint density at radius 2 is 1.83 bits per heavy atom. The van der Waals surface area contributed by atoms with Crippen molar-refractivity contribution >= 4 is 50.4 Å². The molecule has 2 fully saturated rings. The molecule has 0 aliphatic carbocycles. The van der Waals surface area contributed by atoms with Crippen LogP contribution in [0.5, 0.6) is 0 Å². The number of nitrogens with one attached hydrogen (secondary N) is 1. The van der Waals surface area contributed by atoms with E-state index in [1.54, 1.807) is 10.9 Å². The van der Waals surface area contributed by atoms with Gasteiger partial charge in [-0.2, -0.15) is 4.98 Å². The molecule has 0 saturated carbocycles. The van der Waals surface area contributed by atoms with Gasteiger partial charge in [-0.15, -0.1) is 0 Å². The highest BCUT2D eigenvalue weighted by atomic mass is 31.1. The fourth-order valence-electron chi connectivity index (χ4n) is 5.40. The standard InChI is InChI=1S/C22H30N10O8P2/c23-18-16-19(26-8-25-18)31(9-27-16)4-12-1-2-13(39-12)5-37-41(34)7-11-3-15(40-14(11)6-38-42(35)36)32-10-28-17-20(32)29-22(24)30-21(17)33/h8-15,41-42H,1-7H2,(H,35,36)(H2,23,25,26)(H3,24,29,30,33)/t11-,12-,13?,14?,15-/m1/s1. The van der Waals surface area contributed by atoms with E-state index in [4.69, 9.17) is 30.0 Å². The molecule has 2 aliphatic heterocycles. The summed E-state index contributed by atoms with van der Waals surface area (Å²) in [4.78, 5) is 44.5. The molecule has 0 aromatic carbocycles. The zero-order valence-corrected chi connectivity index (χ0v) is 24.2. The van der Waals surface area contributed by atoms with Gasteiger partial charge in [-0.1, -0.05) is 0 Å². The predicted molar refractivity (Wildman–Crippen MR) is 149 cm³/mol. The monoisotopic (exact) mass is 624 g/mol. The number of nitrogens with two attached hydrogens (primary N) is 2. The lowest BCUT2D eigenvalue weighted by atomic mass is 10.0. The third-order valence-electron chi connectivity index (χ3n) is 7.38. The maximum atomic E-state index is 13.0. The van der Waals surface area contributed by atoms with E-state index < -0.39 is 34.2 Å². The van der Waals surface area contributed by atoms with Gasteiger partial charge in [0.05, 0.1) is 50.7 Å². The number of aromatic amines is 1. The lowest BCUT2D eigenvalue weighted by molar-refractivity contribution is -0.0230. The molecule has 2 saturated heterocycles. The summed E-state index contributed by atoms with van der Waals surface area (Å²) in [5, 5.41) is 0.